The molecule has 0 amide bonds. The second-order valence-electron chi connectivity index (χ2n) is 3.84. The van der Waals surface area contributed by atoms with Gasteiger partial charge in [0, 0.05) is 25.0 Å². The molecule has 0 saturated heterocycles. The van der Waals surface area contributed by atoms with Crippen molar-refractivity contribution in [3.8, 4) is 0 Å². The summed E-state index contributed by atoms with van der Waals surface area (Å²) in [6.07, 6.45) is 0. The van der Waals surface area contributed by atoms with Crippen molar-refractivity contribution in [2.75, 3.05) is 19.0 Å². The standard InChI is InChI=1S/C12H14N2O/c1-8(15)11-9-6-4-5-7-10(9)13-12(11)14(2)3/h4-7,13H,1-3H3. The van der Waals surface area contributed by atoms with E-state index in [0.29, 0.717) is 0 Å². The van der Waals surface area contributed by atoms with Crippen LogP contribution >= 0.6 is 0 Å². The maximum Gasteiger partial charge on any atom is 0.164 e. The van der Waals surface area contributed by atoms with Gasteiger partial charge in [-0.15, -0.1) is 0 Å². The average Bonchev–Trinajstić information content (AvgIpc) is 2.56. The zero-order valence-electron chi connectivity index (χ0n) is 9.16. The van der Waals surface area contributed by atoms with Crippen molar-refractivity contribution in [2.24, 2.45) is 0 Å². The lowest BCUT2D eigenvalue weighted by atomic mass is 10.1. The number of nitrogens with zero attached hydrogens (tertiary/aromatic N) is 1. The summed E-state index contributed by atoms with van der Waals surface area (Å²) in [7, 11) is 3.86. The molecule has 0 aliphatic carbocycles. The van der Waals surface area contributed by atoms with E-state index < -0.39 is 0 Å². The number of rotatable bonds is 2. The van der Waals surface area contributed by atoms with Crippen molar-refractivity contribution in [3.05, 3.63) is 29.8 Å². The van der Waals surface area contributed by atoms with Crippen molar-refractivity contribution in [3.63, 3.8) is 0 Å². The van der Waals surface area contributed by atoms with Gasteiger partial charge in [0.2, 0.25) is 0 Å². The first-order valence-electron chi connectivity index (χ1n) is 4.90. The molecule has 3 heteroatoms. The quantitative estimate of drug-likeness (QED) is 0.759. The smallest absolute Gasteiger partial charge is 0.164 e. The second kappa shape index (κ2) is 3.42. The monoisotopic (exact) mass is 202 g/mol. The molecule has 0 aliphatic rings. The van der Waals surface area contributed by atoms with Gasteiger partial charge in [-0.2, -0.15) is 0 Å². The summed E-state index contributed by atoms with van der Waals surface area (Å²) in [5, 5.41) is 0.994. The number of Topliss-reactive ketones (excluding diaryl/α,β-unsaturated/α-hetero) is 1. The van der Waals surface area contributed by atoms with E-state index in [1.165, 1.54) is 0 Å². The number of anilines is 1. The molecule has 0 aliphatic heterocycles. The molecule has 1 N–H and O–H groups in total. The molecule has 0 saturated carbocycles. The van der Waals surface area contributed by atoms with Gasteiger partial charge in [-0.1, -0.05) is 18.2 Å². The van der Waals surface area contributed by atoms with E-state index in [0.717, 1.165) is 22.3 Å². The first-order chi connectivity index (χ1) is 7.11. The first-order valence-corrected chi connectivity index (χ1v) is 4.90. The second-order valence-corrected chi connectivity index (χ2v) is 3.84. The number of carbonyl (C=O) groups excluding carboxylic acids is 1. The van der Waals surface area contributed by atoms with E-state index in [1.807, 2.05) is 43.3 Å². The number of aromatic nitrogens is 1. The van der Waals surface area contributed by atoms with Gasteiger partial charge in [0.05, 0.1) is 5.56 Å². The molecule has 3 nitrogen and oxygen atoms in total. The highest BCUT2D eigenvalue weighted by atomic mass is 16.1. The fraction of sp³-hybridized carbons (Fsp3) is 0.250. The third-order valence-electron chi connectivity index (χ3n) is 2.49. The summed E-state index contributed by atoms with van der Waals surface area (Å²) < 4.78 is 0. The minimum Gasteiger partial charge on any atom is -0.364 e. The Bertz CT molecular complexity index is 511. The highest BCUT2D eigenvalue weighted by Gasteiger charge is 2.15. The fourth-order valence-electron chi connectivity index (χ4n) is 1.82. The van der Waals surface area contributed by atoms with Crippen molar-refractivity contribution in [2.45, 2.75) is 6.92 Å². The summed E-state index contributed by atoms with van der Waals surface area (Å²) in [6, 6.07) is 7.86. The molecule has 0 atom stereocenters. The van der Waals surface area contributed by atoms with Gasteiger partial charge in [0.1, 0.15) is 5.82 Å². The van der Waals surface area contributed by atoms with Gasteiger partial charge in [-0.05, 0) is 13.0 Å². The third kappa shape index (κ3) is 1.50. The Morgan fingerprint density at radius 3 is 2.53 bits per heavy atom. The molecule has 1 aromatic carbocycles. The number of ketones is 1. The zero-order valence-corrected chi connectivity index (χ0v) is 9.16. The Hall–Kier alpha value is -1.77. The topological polar surface area (TPSA) is 36.1 Å². The highest BCUT2D eigenvalue weighted by Crippen LogP contribution is 2.27. The molecule has 78 valence electrons. The molecular weight excluding hydrogens is 188 g/mol. The number of hydrogen-bond acceptors (Lipinski definition) is 2. The van der Waals surface area contributed by atoms with Gasteiger partial charge >= 0.3 is 0 Å². The van der Waals surface area contributed by atoms with Crippen LogP contribution in [0.3, 0.4) is 0 Å². The van der Waals surface area contributed by atoms with Crippen molar-refractivity contribution in [1.29, 1.82) is 0 Å². The Morgan fingerprint density at radius 1 is 1.27 bits per heavy atom. The number of aromatic amines is 1. The zero-order chi connectivity index (χ0) is 11.0. The molecule has 1 aromatic heterocycles. The number of H-pyrrole nitrogens is 1. The third-order valence-corrected chi connectivity index (χ3v) is 2.49. The Morgan fingerprint density at radius 2 is 1.93 bits per heavy atom. The van der Waals surface area contributed by atoms with E-state index in [4.69, 9.17) is 0 Å². The molecule has 15 heavy (non-hydrogen) atoms. The Kier molecular flexibility index (Phi) is 2.23. The summed E-state index contributed by atoms with van der Waals surface area (Å²) in [5.74, 6) is 0.972. The van der Waals surface area contributed by atoms with Crippen LogP contribution in [0.5, 0.6) is 0 Å². The van der Waals surface area contributed by atoms with Crippen LogP contribution in [-0.2, 0) is 0 Å². The van der Waals surface area contributed by atoms with Crippen LogP contribution in [0.4, 0.5) is 5.82 Å². The molecule has 0 radical (unpaired) electrons. The lowest BCUT2D eigenvalue weighted by Crippen LogP contribution is -2.12. The largest absolute Gasteiger partial charge is 0.364 e. The van der Waals surface area contributed by atoms with E-state index in [9.17, 15) is 4.79 Å². The molecular formula is C12H14N2O. The number of hydrogen-bond donors (Lipinski definition) is 1. The lowest BCUT2D eigenvalue weighted by Gasteiger charge is -2.11. The number of para-hydroxylation sites is 1. The van der Waals surface area contributed by atoms with Crippen molar-refractivity contribution < 1.29 is 4.79 Å². The van der Waals surface area contributed by atoms with Crippen LogP contribution in [0.2, 0.25) is 0 Å². The molecule has 0 unspecified atom stereocenters. The Balaban J connectivity index is 2.80. The van der Waals surface area contributed by atoms with E-state index in [1.54, 1.807) is 6.92 Å². The van der Waals surface area contributed by atoms with Crippen LogP contribution in [0, 0.1) is 0 Å². The number of nitrogens with one attached hydrogen (secondary N) is 1. The summed E-state index contributed by atoms with van der Waals surface area (Å²) >= 11 is 0. The maximum absolute atomic E-state index is 11.6. The number of carbonyl (C=O) groups is 1. The van der Waals surface area contributed by atoms with Crippen LogP contribution in [0.25, 0.3) is 10.9 Å². The van der Waals surface area contributed by atoms with Crippen LogP contribution in [0.15, 0.2) is 24.3 Å². The fourth-order valence-corrected chi connectivity index (χ4v) is 1.82. The van der Waals surface area contributed by atoms with Crippen LogP contribution in [-0.4, -0.2) is 24.9 Å². The number of fused-ring (bicyclic) bond motifs is 1. The van der Waals surface area contributed by atoms with Crippen LogP contribution < -0.4 is 4.90 Å². The van der Waals surface area contributed by atoms with Gasteiger partial charge in [0.15, 0.2) is 5.78 Å². The molecule has 2 aromatic rings. The van der Waals surface area contributed by atoms with Crippen molar-refractivity contribution in [1.82, 2.24) is 4.98 Å². The van der Waals surface area contributed by atoms with E-state index in [2.05, 4.69) is 4.98 Å². The van der Waals surface area contributed by atoms with Crippen molar-refractivity contribution >= 4 is 22.5 Å². The average molecular weight is 202 g/mol. The minimum absolute atomic E-state index is 0.0937. The number of benzene rings is 1. The molecule has 1 heterocycles. The minimum atomic E-state index is 0.0937. The Labute approximate surface area is 88.7 Å². The predicted octanol–water partition coefficient (Wildman–Crippen LogP) is 2.44. The molecule has 0 bridgehead atoms. The normalized spacial score (nSPS) is 10.6. The van der Waals surface area contributed by atoms with Gasteiger partial charge in [-0.3, -0.25) is 4.79 Å². The van der Waals surface area contributed by atoms with E-state index in [-0.39, 0.29) is 5.78 Å². The first kappa shape index (κ1) is 9.77. The van der Waals surface area contributed by atoms with Gasteiger partial charge in [-0.25, -0.2) is 0 Å². The van der Waals surface area contributed by atoms with Crippen LogP contribution in [0.1, 0.15) is 17.3 Å². The van der Waals surface area contributed by atoms with Gasteiger partial charge < -0.3 is 9.88 Å². The maximum atomic E-state index is 11.6. The molecule has 0 spiro atoms. The SMILES string of the molecule is CC(=O)c1c(N(C)C)[nH]c2ccccc12. The molecule has 2 rings (SSSR count). The molecule has 0 fully saturated rings. The summed E-state index contributed by atoms with van der Waals surface area (Å²) in [5.41, 5.74) is 1.78. The summed E-state index contributed by atoms with van der Waals surface area (Å²) in [4.78, 5) is 16.8. The predicted molar refractivity (Wildman–Crippen MR) is 62.6 cm³/mol. The van der Waals surface area contributed by atoms with Gasteiger partial charge in [0.25, 0.3) is 0 Å². The highest BCUT2D eigenvalue weighted by molar-refractivity contribution is 6.11. The van der Waals surface area contributed by atoms with E-state index >= 15 is 0 Å². The summed E-state index contributed by atoms with van der Waals surface area (Å²) in [6.45, 7) is 1.60. The lowest BCUT2D eigenvalue weighted by molar-refractivity contribution is 0.102.